The second-order valence-corrected chi connectivity index (χ2v) is 4.82. The van der Waals surface area contributed by atoms with Gasteiger partial charge in [0.1, 0.15) is 17.2 Å². The highest BCUT2D eigenvalue weighted by Gasteiger charge is 2.11. The molecule has 0 unspecified atom stereocenters. The van der Waals surface area contributed by atoms with Crippen LogP contribution in [-0.4, -0.2) is 36.9 Å². The maximum absolute atomic E-state index is 11.9. The number of pyridine rings is 1. The first kappa shape index (κ1) is 15.0. The van der Waals surface area contributed by atoms with Gasteiger partial charge in [-0.25, -0.2) is 0 Å². The van der Waals surface area contributed by atoms with Gasteiger partial charge in [0.2, 0.25) is 0 Å². The first-order valence-corrected chi connectivity index (χ1v) is 6.70. The van der Waals surface area contributed by atoms with Crippen molar-refractivity contribution in [3.8, 4) is 11.5 Å². The minimum absolute atomic E-state index is 0.149. The summed E-state index contributed by atoms with van der Waals surface area (Å²) in [5.74, 6) is 1.21. The number of para-hydroxylation sites is 1. The van der Waals surface area contributed by atoms with Gasteiger partial charge in [-0.3, -0.25) is 9.78 Å². The highest BCUT2D eigenvalue weighted by Crippen LogP contribution is 2.25. The van der Waals surface area contributed by atoms with E-state index in [-0.39, 0.29) is 5.91 Å². The van der Waals surface area contributed by atoms with Crippen molar-refractivity contribution in [3.63, 3.8) is 0 Å². The van der Waals surface area contributed by atoms with Gasteiger partial charge < -0.3 is 15.0 Å². The SMILES string of the molecule is CNCc1ccccc1Oc1ccnc(C(=O)N(C)C)c1. The fourth-order valence-electron chi connectivity index (χ4n) is 1.89. The lowest BCUT2D eigenvalue weighted by Gasteiger charge is -2.13. The number of hydrogen-bond acceptors (Lipinski definition) is 4. The van der Waals surface area contributed by atoms with Crippen molar-refractivity contribution in [3.05, 3.63) is 53.9 Å². The summed E-state index contributed by atoms with van der Waals surface area (Å²) in [5.41, 5.74) is 1.42. The van der Waals surface area contributed by atoms with E-state index < -0.39 is 0 Å². The molecule has 0 atom stereocenters. The predicted octanol–water partition coefficient (Wildman–Crippen LogP) is 2.30. The van der Waals surface area contributed by atoms with E-state index in [1.165, 1.54) is 4.90 Å². The maximum atomic E-state index is 11.9. The molecule has 2 aromatic rings. The van der Waals surface area contributed by atoms with Crippen LogP contribution in [0.25, 0.3) is 0 Å². The lowest BCUT2D eigenvalue weighted by Crippen LogP contribution is -2.22. The molecule has 5 nitrogen and oxygen atoms in total. The Hall–Kier alpha value is -2.40. The highest BCUT2D eigenvalue weighted by molar-refractivity contribution is 5.92. The third-order valence-electron chi connectivity index (χ3n) is 2.92. The van der Waals surface area contributed by atoms with Crippen LogP contribution in [0, 0.1) is 0 Å². The zero-order valence-corrected chi connectivity index (χ0v) is 12.5. The molecule has 1 aromatic heterocycles. The van der Waals surface area contributed by atoms with E-state index in [4.69, 9.17) is 4.74 Å². The smallest absolute Gasteiger partial charge is 0.272 e. The minimum atomic E-state index is -0.149. The molecule has 110 valence electrons. The topological polar surface area (TPSA) is 54.5 Å². The largest absolute Gasteiger partial charge is 0.457 e. The summed E-state index contributed by atoms with van der Waals surface area (Å²) in [6, 6.07) is 11.2. The minimum Gasteiger partial charge on any atom is -0.457 e. The van der Waals surface area contributed by atoms with Crippen molar-refractivity contribution in [2.45, 2.75) is 6.54 Å². The molecule has 21 heavy (non-hydrogen) atoms. The molecule has 0 aliphatic rings. The Bertz CT molecular complexity index is 626. The molecule has 0 bridgehead atoms. The number of carbonyl (C=O) groups is 1. The van der Waals surface area contributed by atoms with E-state index in [2.05, 4.69) is 10.3 Å². The predicted molar refractivity (Wildman–Crippen MR) is 81.5 cm³/mol. The number of nitrogens with zero attached hydrogens (tertiary/aromatic N) is 2. The van der Waals surface area contributed by atoms with Crippen molar-refractivity contribution in [1.29, 1.82) is 0 Å². The van der Waals surface area contributed by atoms with E-state index in [1.807, 2.05) is 31.3 Å². The van der Waals surface area contributed by atoms with Crippen molar-refractivity contribution in [2.24, 2.45) is 0 Å². The summed E-state index contributed by atoms with van der Waals surface area (Å²) in [6.45, 7) is 0.713. The number of aromatic nitrogens is 1. The summed E-state index contributed by atoms with van der Waals surface area (Å²) in [7, 11) is 5.27. The summed E-state index contributed by atoms with van der Waals surface area (Å²) in [5, 5.41) is 3.10. The third-order valence-corrected chi connectivity index (χ3v) is 2.92. The van der Waals surface area contributed by atoms with Crippen LogP contribution in [0.15, 0.2) is 42.6 Å². The number of nitrogens with one attached hydrogen (secondary N) is 1. The van der Waals surface area contributed by atoms with E-state index in [1.54, 1.807) is 32.4 Å². The second-order valence-electron chi connectivity index (χ2n) is 4.82. The lowest BCUT2D eigenvalue weighted by atomic mass is 10.2. The van der Waals surface area contributed by atoms with Gasteiger partial charge in [-0.15, -0.1) is 0 Å². The molecule has 1 amide bonds. The molecule has 0 fully saturated rings. The molecule has 2 rings (SSSR count). The summed E-state index contributed by atoms with van der Waals surface area (Å²) >= 11 is 0. The number of carbonyl (C=O) groups excluding carboxylic acids is 1. The number of rotatable bonds is 5. The quantitative estimate of drug-likeness (QED) is 0.916. The average molecular weight is 285 g/mol. The fourth-order valence-corrected chi connectivity index (χ4v) is 1.89. The van der Waals surface area contributed by atoms with Crippen LogP contribution in [0.3, 0.4) is 0 Å². The first-order valence-electron chi connectivity index (χ1n) is 6.70. The Kier molecular flexibility index (Phi) is 4.90. The molecule has 0 radical (unpaired) electrons. The van der Waals surface area contributed by atoms with Gasteiger partial charge in [-0.05, 0) is 19.2 Å². The Morgan fingerprint density at radius 1 is 1.29 bits per heavy atom. The third kappa shape index (κ3) is 3.79. The molecular weight excluding hydrogens is 266 g/mol. The van der Waals surface area contributed by atoms with Gasteiger partial charge in [0.05, 0.1) is 0 Å². The molecule has 0 saturated heterocycles. The maximum Gasteiger partial charge on any atom is 0.272 e. The number of ether oxygens (including phenoxy) is 1. The van der Waals surface area contributed by atoms with Gasteiger partial charge in [0, 0.05) is 38.5 Å². The molecule has 1 N–H and O–H groups in total. The average Bonchev–Trinajstić information content (AvgIpc) is 2.49. The van der Waals surface area contributed by atoms with Crippen LogP contribution >= 0.6 is 0 Å². The Morgan fingerprint density at radius 2 is 2.05 bits per heavy atom. The first-order chi connectivity index (χ1) is 10.1. The van der Waals surface area contributed by atoms with Crippen LogP contribution in [0.2, 0.25) is 0 Å². The Morgan fingerprint density at radius 3 is 2.76 bits per heavy atom. The molecule has 1 aromatic carbocycles. The van der Waals surface area contributed by atoms with Gasteiger partial charge in [0.25, 0.3) is 5.91 Å². The normalized spacial score (nSPS) is 10.2. The molecule has 0 spiro atoms. The summed E-state index contributed by atoms with van der Waals surface area (Å²) < 4.78 is 5.88. The zero-order valence-electron chi connectivity index (χ0n) is 12.5. The van der Waals surface area contributed by atoms with Gasteiger partial charge in [-0.2, -0.15) is 0 Å². The molecule has 1 heterocycles. The van der Waals surface area contributed by atoms with Crippen LogP contribution in [-0.2, 0) is 6.54 Å². The van der Waals surface area contributed by atoms with Gasteiger partial charge in [0.15, 0.2) is 0 Å². The summed E-state index contributed by atoms with van der Waals surface area (Å²) in [4.78, 5) is 17.5. The van der Waals surface area contributed by atoms with Crippen molar-refractivity contribution < 1.29 is 9.53 Å². The van der Waals surface area contributed by atoms with E-state index >= 15 is 0 Å². The molecular formula is C16H19N3O2. The number of amides is 1. The van der Waals surface area contributed by atoms with Gasteiger partial charge in [-0.1, -0.05) is 18.2 Å². The molecule has 5 heteroatoms. The summed E-state index contributed by atoms with van der Waals surface area (Å²) in [6.07, 6.45) is 1.58. The van der Waals surface area contributed by atoms with Crippen molar-refractivity contribution in [1.82, 2.24) is 15.2 Å². The van der Waals surface area contributed by atoms with Crippen molar-refractivity contribution in [2.75, 3.05) is 21.1 Å². The monoisotopic (exact) mass is 285 g/mol. The lowest BCUT2D eigenvalue weighted by molar-refractivity contribution is 0.0821. The number of benzene rings is 1. The van der Waals surface area contributed by atoms with Crippen LogP contribution < -0.4 is 10.1 Å². The van der Waals surface area contributed by atoms with E-state index in [9.17, 15) is 4.79 Å². The van der Waals surface area contributed by atoms with Gasteiger partial charge >= 0.3 is 0 Å². The molecule has 0 aliphatic heterocycles. The van der Waals surface area contributed by atoms with Crippen LogP contribution in [0.5, 0.6) is 11.5 Å². The van der Waals surface area contributed by atoms with E-state index in [0.717, 1.165) is 11.3 Å². The Balaban J connectivity index is 2.24. The van der Waals surface area contributed by atoms with E-state index in [0.29, 0.717) is 18.0 Å². The van der Waals surface area contributed by atoms with Crippen LogP contribution in [0.1, 0.15) is 16.1 Å². The number of hydrogen-bond donors (Lipinski definition) is 1. The zero-order chi connectivity index (χ0) is 15.2. The molecule has 0 saturated carbocycles. The standard InChI is InChI=1S/C16H19N3O2/c1-17-11-12-6-4-5-7-15(12)21-13-8-9-18-14(10-13)16(20)19(2)3/h4-10,17H,11H2,1-3H3. The van der Waals surface area contributed by atoms with Crippen molar-refractivity contribution >= 4 is 5.91 Å². The fraction of sp³-hybridized carbons (Fsp3) is 0.250. The molecule has 0 aliphatic carbocycles. The highest BCUT2D eigenvalue weighted by atomic mass is 16.5. The second kappa shape index (κ2) is 6.85. The Labute approximate surface area is 124 Å². The van der Waals surface area contributed by atoms with Crippen LogP contribution in [0.4, 0.5) is 0 Å².